The number of aliphatic carboxylic acids is 1. The lowest BCUT2D eigenvalue weighted by atomic mass is 10.0. The Morgan fingerprint density at radius 1 is 0.812 bits per heavy atom. The molecule has 0 aliphatic carbocycles. The van der Waals surface area contributed by atoms with Gasteiger partial charge in [-0.05, 0) is 62.5 Å². The lowest BCUT2D eigenvalue weighted by Crippen LogP contribution is -2.53. The van der Waals surface area contributed by atoms with Gasteiger partial charge in [-0.15, -0.1) is 10.2 Å². The van der Waals surface area contributed by atoms with Gasteiger partial charge in [0.15, 0.2) is 5.96 Å². The van der Waals surface area contributed by atoms with Gasteiger partial charge in [0.1, 0.15) is 29.9 Å². The fourth-order valence-electron chi connectivity index (χ4n) is 7.09. The third-order valence-corrected chi connectivity index (χ3v) is 10.4. The number of carboxylic acid groups (broad SMARTS) is 1. The minimum Gasteiger partial charge on any atom is -0.481 e. The average molecular weight is 887 g/mol. The van der Waals surface area contributed by atoms with E-state index in [1.54, 1.807) is 6.20 Å². The summed E-state index contributed by atoms with van der Waals surface area (Å²) in [4.78, 5) is 79.9. The molecular weight excluding hydrogens is 832 g/mol. The lowest BCUT2D eigenvalue weighted by Gasteiger charge is -2.24. The SMILES string of the molecule is N=C(N)NCCC[C@@H]1NC(=O)[C@H](CCCCNC(=O)[C@H](Cc2ccccc2)n2cc(CCCF)nn2)n2cc(nn2)[C@H](Cc2ccccc2)NC(=O)[C@H](CC(=O)O)NC(=O)CNC1=O. The molecule has 5 amide bonds. The Hall–Kier alpha value is -7.26. The van der Waals surface area contributed by atoms with E-state index in [0.717, 1.165) is 11.1 Å². The molecular formula is C42H55FN14O7. The number of aryl methyl sites for hydroxylation is 1. The Bertz CT molecular complexity index is 2190. The van der Waals surface area contributed by atoms with Crippen molar-refractivity contribution >= 4 is 41.5 Å². The van der Waals surface area contributed by atoms with Crippen LogP contribution in [0.1, 0.15) is 85.6 Å². The average Bonchev–Trinajstić information content (AvgIpc) is 3.96. The van der Waals surface area contributed by atoms with E-state index in [9.17, 15) is 38.3 Å². The zero-order valence-corrected chi connectivity index (χ0v) is 35.2. The van der Waals surface area contributed by atoms with Crippen molar-refractivity contribution in [2.24, 2.45) is 5.73 Å². The fraction of sp³-hybridized carbons (Fsp3) is 0.452. The first-order valence-corrected chi connectivity index (χ1v) is 21.1. The monoisotopic (exact) mass is 886 g/mol. The predicted octanol–water partition coefficient (Wildman–Crippen LogP) is 0.321. The Morgan fingerprint density at radius 2 is 1.52 bits per heavy atom. The molecule has 21 nitrogen and oxygen atoms in total. The number of carbonyl (C=O) groups is 6. The van der Waals surface area contributed by atoms with Crippen molar-refractivity contribution in [1.82, 2.24) is 61.9 Å². The molecule has 5 rings (SSSR count). The largest absolute Gasteiger partial charge is 0.481 e. The van der Waals surface area contributed by atoms with Crippen LogP contribution in [0.2, 0.25) is 0 Å². The fourth-order valence-corrected chi connectivity index (χ4v) is 7.09. The van der Waals surface area contributed by atoms with Crippen molar-refractivity contribution in [3.63, 3.8) is 0 Å². The van der Waals surface area contributed by atoms with Gasteiger partial charge < -0.3 is 42.7 Å². The van der Waals surface area contributed by atoms with Crippen molar-refractivity contribution in [2.45, 2.75) is 94.4 Å². The second kappa shape index (κ2) is 24.4. The van der Waals surface area contributed by atoms with Crippen LogP contribution in [0.4, 0.5) is 4.39 Å². The normalized spacial score (nSPS) is 18.8. The number of hydrogen-bond acceptors (Lipinski definition) is 11. The van der Waals surface area contributed by atoms with E-state index in [2.05, 4.69) is 52.5 Å². The van der Waals surface area contributed by atoms with Gasteiger partial charge >= 0.3 is 5.97 Å². The molecule has 4 aromatic rings. The summed E-state index contributed by atoms with van der Waals surface area (Å²) >= 11 is 0. The van der Waals surface area contributed by atoms with Gasteiger partial charge in [0.25, 0.3) is 0 Å². The zero-order chi connectivity index (χ0) is 45.8. The van der Waals surface area contributed by atoms with Crippen molar-refractivity contribution < 1.29 is 38.3 Å². The van der Waals surface area contributed by atoms with E-state index in [4.69, 9.17) is 11.1 Å². The number of nitrogens with one attached hydrogen (secondary N) is 7. The van der Waals surface area contributed by atoms with Gasteiger partial charge in [-0.2, -0.15) is 0 Å². The molecule has 2 aromatic heterocycles. The minimum absolute atomic E-state index is 0.0668. The maximum Gasteiger partial charge on any atom is 0.305 e. The summed E-state index contributed by atoms with van der Waals surface area (Å²) in [6, 6.07) is 13.2. The number of unbranched alkanes of at least 4 members (excludes halogenated alkanes) is 1. The molecule has 342 valence electrons. The van der Waals surface area contributed by atoms with Crippen LogP contribution < -0.4 is 37.6 Å². The first kappa shape index (κ1) is 47.8. The molecule has 0 saturated heterocycles. The molecule has 0 unspecified atom stereocenters. The number of nitrogens with two attached hydrogens (primary N) is 1. The highest BCUT2D eigenvalue weighted by Crippen LogP contribution is 2.22. The molecule has 3 heterocycles. The highest BCUT2D eigenvalue weighted by atomic mass is 19.1. The van der Waals surface area contributed by atoms with Gasteiger partial charge in [0.05, 0.1) is 37.6 Å². The Balaban J connectivity index is 1.37. The highest BCUT2D eigenvalue weighted by Gasteiger charge is 2.32. The highest BCUT2D eigenvalue weighted by molar-refractivity contribution is 5.94. The number of halogens is 1. The molecule has 0 spiro atoms. The number of rotatable bonds is 20. The zero-order valence-electron chi connectivity index (χ0n) is 35.2. The van der Waals surface area contributed by atoms with Gasteiger partial charge in [-0.3, -0.25) is 38.6 Å². The van der Waals surface area contributed by atoms with Crippen molar-refractivity contribution in [1.29, 1.82) is 5.41 Å². The first-order chi connectivity index (χ1) is 30.9. The summed E-state index contributed by atoms with van der Waals surface area (Å²) in [5.74, 6) is -4.93. The van der Waals surface area contributed by atoms with Crippen LogP contribution in [0.15, 0.2) is 73.1 Å². The molecule has 1 aliphatic rings. The van der Waals surface area contributed by atoms with Gasteiger partial charge in [-0.1, -0.05) is 71.1 Å². The molecule has 5 atom stereocenters. The third kappa shape index (κ3) is 15.0. The van der Waals surface area contributed by atoms with Crippen molar-refractivity contribution in [3.8, 4) is 0 Å². The second-order valence-electron chi connectivity index (χ2n) is 15.3. The topological polar surface area (TPSA) is 306 Å². The molecule has 2 aromatic carbocycles. The molecule has 2 bridgehead atoms. The number of aromatic nitrogens is 6. The van der Waals surface area contributed by atoms with Gasteiger partial charge in [0, 0.05) is 25.7 Å². The number of nitrogens with zero attached hydrogens (tertiary/aromatic N) is 6. The number of fused-ring (bicyclic) bond motifs is 2. The number of hydrogen-bond donors (Lipinski definition) is 9. The maximum atomic E-state index is 14.2. The summed E-state index contributed by atoms with van der Waals surface area (Å²) in [6.45, 7) is -0.701. The summed E-state index contributed by atoms with van der Waals surface area (Å²) < 4.78 is 15.7. The summed E-state index contributed by atoms with van der Waals surface area (Å²) in [6.07, 6.45) is 4.90. The second-order valence-corrected chi connectivity index (χ2v) is 15.3. The van der Waals surface area contributed by atoms with Crippen LogP contribution in [0, 0.1) is 5.41 Å². The first-order valence-electron chi connectivity index (χ1n) is 21.1. The van der Waals surface area contributed by atoms with E-state index >= 15 is 0 Å². The number of benzene rings is 2. The standard InChI is InChI=1S/C42H55FN14O7/c43-18-9-15-29-25-56(54-52-29)35(22-28-13-5-2-6-14-28)40(63)46-19-8-7-17-34-41(64)50-30(16-10-20-47-42(44)45)38(61)48-24-36(58)49-32(23-37(59)60)39(62)51-31(33-26-57(34)55-53-33)21-27-11-3-1-4-12-27/h1-6,11-14,25-26,30-32,34-35H,7-10,15-24H2,(H,46,63)(H,48,61)(H,49,58)(H,50,64)(H,51,62)(H,59,60)(H4,44,45,47)/t30-,31-,32-,34-,35-/m0/s1. The molecule has 10 N–H and O–H groups in total. The minimum atomic E-state index is -1.51. The Kier molecular flexibility index (Phi) is 18.2. The predicted molar refractivity (Wildman–Crippen MR) is 229 cm³/mol. The smallest absolute Gasteiger partial charge is 0.305 e. The molecule has 22 heteroatoms. The number of amides is 5. The van der Waals surface area contributed by atoms with Crippen LogP contribution in [-0.4, -0.2) is 115 Å². The van der Waals surface area contributed by atoms with Crippen LogP contribution >= 0.6 is 0 Å². The number of guanidine groups is 1. The Labute approximate surface area is 368 Å². The van der Waals surface area contributed by atoms with Crippen LogP contribution in [-0.2, 0) is 48.0 Å². The molecule has 1 aliphatic heterocycles. The van der Waals surface area contributed by atoms with E-state index < -0.39 is 79.4 Å². The number of alkyl halides is 1. The van der Waals surface area contributed by atoms with Gasteiger partial charge in [0.2, 0.25) is 29.5 Å². The van der Waals surface area contributed by atoms with Crippen LogP contribution in [0.3, 0.4) is 0 Å². The van der Waals surface area contributed by atoms with E-state index in [0.29, 0.717) is 31.4 Å². The van der Waals surface area contributed by atoms with Gasteiger partial charge in [-0.25, -0.2) is 9.36 Å². The van der Waals surface area contributed by atoms with Crippen LogP contribution in [0.5, 0.6) is 0 Å². The number of carbonyl (C=O) groups excluding carboxylic acids is 5. The number of carboxylic acids is 1. The van der Waals surface area contributed by atoms with Crippen molar-refractivity contribution in [2.75, 3.05) is 26.3 Å². The molecule has 0 fully saturated rings. The van der Waals surface area contributed by atoms with E-state index in [-0.39, 0.29) is 62.8 Å². The quantitative estimate of drug-likeness (QED) is 0.0329. The lowest BCUT2D eigenvalue weighted by molar-refractivity contribution is -0.141. The maximum absolute atomic E-state index is 14.2. The van der Waals surface area contributed by atoms with Crippen LogP contribution in [0.25, 0.3) is 0 Å². The molecule has 64 heavy (non-hydrogen) atoms. The Morgan fingerprint density at radius 3 is 2.22 bits per heavy atom. The molecule has 0 saturated carbocycles. The van der Waals surface area contributed by atoms with Crippen molar-refractivity contribution in [3.05, 3.63) is 95.6 Å². The van der Waals surface area contributed by atoms with E-state index in [1.165, 1.54) is 15.6 Å². The summed E-state index contributed by atoms with van der Waals surface area (Å²) in [5, 5.41) is 50.0. The third-order valence-electron chi connectivity index (χ3n) is 10.4. The van der Waals surface area contributed by atoms with E-state index in [1.807, 2.05) is 60.7 Å². The molecule has 0 radical (unpaired) electrons. The summed E-state index contributed by atoms with van der Waals surface area (Å²) in [5.41, 5.74) is 7.92. The summed E-state index contributed by atoms with van der Waals surface area (Å²) in [7, 11) is 0.